The molecule has 196 valence electrons. The molecule has 4 aromatic rings. The molecule has 3 atom stereocenters. The predicted molar refractivity (Wildman–Crippen MR) is 163 cm³/mol. The highest BCUT2D eigenvalue weighted by Gasteiger charge is 2.66. The number of amides is 2. The van der Waals surface area contributed by atoms with E-state index in [2.05, 4.69) is 58.5 Å². The van der Waals surface area contributed by atoms with Crippen LogP contribution in [0.1, 0.15) is 30.4 Å². The van der Waals surface area contributed by atoms with Crippen LogP contribution >= 0.6 is 35.7 Å². The Morgan fingerprint density at radius 1 is 0.897 bits per heavy atom. The summed E-state index contributed by atoms with van der Waals surface area (Å²) in [5, 5.41) is 1.11. The second kappa shape index (κ2) is 8.87. The molecule has 2 amide bonds. The molecule has 3 aromatic carbocycles. The first kappa shape index (κ1) is 24.7. The number of H-pyrrole nitrogens is 1. The monoisotopic (exact) mass is 570 g/mol. The lowest BCUT2D eigenvalue weighted by Gasteiger charge is -2.54. The Morgan fingerprint density at radius 3 is 2.44 bits per heavy atom. The largest absolute Gasteiger partial charge is 0.361 e. The van der Waals surface area contributed by atoms with E-state index in [0.29, 0.717) is 9.95 Å². The minimum Gasteiger partial charge on any atom is -0.361 e. The van der Waals surface area contributed by atoms with Crippen molar-refractivity contribution in [2.45, 2.75) is 29.0 Å². The molecule has 0 aliphatic carbocycles. The molecule has 3 fully saturated rings. The van der Waals surface area contributed by atoms with Gasteiger partial charge in [-0.3, -0.25) is 14.5 Å². The van der Waals surface area contributed by atoms with Gasteiger partial charge < -0.3 is 14.8 Å². The van der Waals surface area contributed by atoms with Gasteiger partial charge in [-0.2, -0.15) is 0 Å². The average Bonchev–Trinajstić information content (AvgIpc) is 3.32. The average molecular weight is 571 g/mol. The van der Waals surface area contributed by atoms with Gasteiger partial charge in [-0.25, -0.2) is 0 Å². The maximum atomic E-state index is 14.5. The van der Waals surface area contributed by atoms with E-state index in [1.807, 2.05) is 43.3 Å². The van der Waals surface area contributed by atoms with Gasteiger partial charge in [-0.15, -0.1) is 0 Å². The third-order valence-electron chi connectivity index (χ3n) is 8.32. The van der Waals surface area contributed by atoms with Gasteiger partial charge in [-0.05, 0) is 42.3 Å². The van der Waals surface area contributed by atoms with Gasteiger partial charge in [0.1, 0.15) is 3.53 Å². The summed E-state index contributed by atoms with van der Waals surface area (Å²) in [6, 6.07) is 26.7. The van der Waals surface area contributed by atoms with Crippen LogP contribution in [-0.2, 0) is 9.59 Å². The van der Waals surface area contributed by atoms with Crippen molar-refractivity contribution in [2.75, 3.05) is 18.6 Å². The van der Waals surface area contributed by atoms with E-state index in [4.69, 9.17) is 12.2 Å². The van der Waals surface area contributed by atoms with Crippen molar-refractivity contribution >= 4 is 73.4 Å². The topological polar surface area (TPSA) is 59.7 Å². The van der Waals surface area contributed by atoms with Crippen LogP contribution in [0, 0.1) is 0 Å². The number of likely N-dealkylation sites (N-methyl/N-ethyl adjacent to an activating group) is 1. The van der Waals surface area contributed by atoms with Crippen LogP contribution in [0.5, 0.6) is 0 Å². The van der Waals surface area contributed by atoms with Gasteiger partial charge in [0.25, 0.3) is 11.8 Å². The number of carbonyl (C=O) groups is 2. The zero-order valence-corrected chi connectivity index (χ0v) is 23.9. The Hall–Kier alpha value is -3.27. The Labute approximate surface area is 240 Å². The van der Waals surface area contributed by atoms with Crippen LogP contribution in [0.3, 0.4) is 0 Å². The molecule has 9 heteroatoms. The maximum absolute atomic E-state index is 14.5. The first-order chi connectivity index (χ1) is 18.8. The number of piperazine rings is 1. The molecular weight excluding hydrogens is 545 g/mol. The lowest BCUT2D eigenvalue weighted by molar-refractivity contribution is -0.164. The highest BCUT2D eigenvalue weighted by Crippen LogP contribution is 2.57. The minimum atomic E-state index is -1.18. The molecule has 4 aliphatic heterocycles. The second-order valence-electron chi connectivity index (χ2n) is 10.3. The summed E-state index contributed by atoms with van der Waals surface area (Å²) in [5.41, 5.74) is 5.23. The van der Waals surface area contributed by atoms with E-state index >= 15 is 0 Å². The number of thioether (sulfide) groups is 2. The van der Waals surface area contributed by atoms with Crippen LogP contribution in [-0.4, -0.2) is 53.6 Å². The van der Waals surface area contributed by atoms with Crippen LogP contribution in [0.25, 0.3) is 10.9 Å². The molecule has 2 unspecified atom stereocenters. The molecule has 2 bridgehead atoms. The van der Waals surface area contributed by atoms with Crippen LogP contribution in [0.4, 0.5) is 11.4 Å². The van der Waals surface area contributed by atoms with E-state index in [0.717, 1.165) is 33.4 Å². The molecule has 0 saturated carbocycles. The number of fused-ring (bicyclic) bond motifs is 5. The lowest BCUT2D eigenvalue weighted by atomic mass is 9.82. The van der Waals surface area contributed by atoms with E-state index in [9.17, 15) is 9.59 Å². The van der Waals surface area contributed by atoms with E-state index < -0.39 is 9.74 Å². The molecule has 0 radical (unpaired) electrons. The molecule has 4 aliphatic rings. The molecule has 8 rings (SSSR count). The van der Waals surface area contributed by atoms with Crippen molar-refractivity contribution in [3.63, 3.8) is 0 Å². The molecule has 1 aromatic heterocycles. The molecule has 6 nitrogen and oxygen atoms in total. The van der Waals surface area contributed by atoms with Crippen molar-refractivity contribution in [1.82, 2.24) is 14.8 Å². The fraction of sp³-hybridized carbons (Fsp3) is 0.233. The highest BCUT2D eigenvalue weighted by atomic mass is 32.2. The molecule has 1 spiro atoms. The zero-order chi connectivity index (χ0) is 26.9. The Morgan fingerprint density at radius 2 is 1.62 bits per heavy atom. The number of hydrogen-bond acceptors (Lipinski definition) is 6. The summed E-state index contributed by atoms with van der Waals surface area (Å²) in [5.74, 6) is -0.363. The Bertz CT molecular complexity index is 1660. The SMILES string of the molecule is CN1C(=O)C23CC(c4c[nH]c5ccccc45)c4ccccc4N(c4ccccc4)CN2C(=O)[C@@]1(C)SC(=S)S3. The standard InChI is InChI=1S/C30H26N4O2S3/c1-29-26(35)34-18-33(19-10-4-3-5-11-19)25-15-9-7-13-21(25)22(23-17-31-24-14-8-6-12-20(23)24)16-30(34,27(36)32(29)2)39-28(37)38-29/h3-15,17,22,31H,16,18H2,1-2H3/t22?,29-,30?/m1/s1. The van der Waals surface area contributed by atoms with Crippen molar-refractivity contribution in [2.24, 2.45) is 0 Å². The number of aromatic nitrogens is 1. The summed E-state index contributed by atoms with van der Waals surface area (Å²) in [4.78, 5) is 35.6. The number of carbonyl (C=O) groups excluding carboxylic acids is 2. The number of nitrogens with zero attached hydrogens (tertiary/aromatic N) is 3. The van der Waals surface area contributed by atoms with Crippen molar-refractivity contribution in [3.8, 4) is 0 Å². The third kappa shape index (κ3) is 3.53. The van der Waals surface area contributed by atoms with Crippen LogP contribution in [0.2, 0.25) is 0 Å². The summed E-state index contributed by atoms with van der Waals surface area (Å²) in [6.45, 7) is 2.06. The minimum absolute atomic E-state index is 0.0841. The summed E-state index contributed by atoms with van der Waals surface area (Å²) < 4.78 is 0.615. The van der Waals surface area contributed by atoms with Gasteiger partial charge in [0.2, 0.25) is 0 Å². The summed E-state index contributed by atoms with van der Waals surface area (Å²) >= 11 is 8.50. The second-order valence-corrected chi connectivity index (χ2v) is 14.2. The van der Waals surface area contributed by atoms with Gasteiger partial charge in [0.05, 0.1) is 6.67 Å². The highest BCUT2D eigenvalue weighted by molar-refractivity contribution is 8.48. The first-order valence-electron chi connectivity index (χ1n) is 12.8. The number of thiocarbonyl (C=S) groups is 1. The molecule has 39 heavy (non-hydrogen) atoms. The van der Waals surface area contributed by atoms with E-state index in [1.54, 1.807) is 16.8 Å². The van der Waals surface area contributed by atoms with Crippen molar-refractivity contribution < 1.29 is 9.59 Å². The van der Waals surface area contributed by atoms with Gasteiger partial charge in [0, 0.05) is 47.9 Å². The molecule has 3 saturated heterocycles. The number of aromatic amines is 1. The molecular formula is C30H26N4O2S3. The maximum Gasteiger partial charge on any atom is 0.262 e. The van der Waals surface area contributed by atoms with Gasteiger partial charge in [-0.1, -0.05) is 90.3 Å². The number of rotatable bonds is 2. The summed E-state index contributed by atoms with van der Waals surface area (Å²) in [6.07, 6.45) is 2.46. The normalized spacial score (nSPS) is 26.8. The van der Waals surface area contributed by atoms with Crippen molar-refractivity contribution in [1.29, 1.82) is 0 Å². The van der Waals surface area contributed by atoms with E-state index in [1.165, 1.54) is 23.5 Å². The number of hydrogen-bond donors (Lipinski definition) is 1. The molecule has 1 N–H and O–H groups in total. The lowest BCUT2D eigenvalue weighted by Crippen LogP contribution is -2.73. The quantitative estimate of drug-likeness (QED) is 0.287. The third-order valence-corrected chi connectivity index (χ3v) is 11.4. The van der Waals surface area contributed by atoms with E-state index in [-0.39, 0.29) is 24.4 Å². The van der Waals surface area contributed by atoms with Gasteiger partial charge in [0.15, 0.2) is 9.74 Å². The fourth-order valence-electron chi connectivity index (χ4n) is 6.20. The number of anilines is 2. The van der Waals surface area contributed by atoms with Crippen molar-refractivity contribution in [3.05, 3.63) is 96.2 Å². The smallest absolute Gasteiger partial charge is 0.262 e. The first-order valence-corrected chi connectivity index (χ1v) is 14.9. The van der Waals surface area contributed by atoms with Crippen LogP contribution < -0.4 is 4.90 Å². The predicted octanol–water partition coefficient (Wildman–Crippen LogP) is 6.28. The number of nitrogens with one attached hydrogen (secondary N) is 1. The summed E-state index contributed by atoms with van der Waals surface area (Å²) in [7, 11) is 1.74. The van der Waals surface area contributed by atoms with Crippen LogP contribution in [0.15, 0.2) is 85.1 Å². The number of benzene rings is 3. The number of para-hydroxylation sites is 3. The Kier molecular flexibility index (Phi) is 5.63. The van der Waals surface area contributed by atoms with Gasteiger partial charge >= 0.3 is 0 Å². The Balaban J connectivity index is 1.54. The fourth-order valence-corrected chi connectivity index (χ4v) is 9.91. The zero-order valence-electron chi connectivity index (χ0n) is 21.5. The molecule has 5 heterocycles.